The van der Waals surface area contributed by atoms with Crippen molar-refractivity contribution in [3.05, 3.63) is 57.0 Å². The van der Waals surface area contributed by atoms with Gasteiger partial charge in [-0.15, -0.1) is 0 Å². The number of allylic oxidation sites excluding steroid dienone is 1. The molecular formula is C22H27N3O4S. The highest BCUT2D eigenvalue weighted by Gasteiger charge is 2.36. The van der Waals surface area contributed by atoms with E-state index >= 15 is 0 Å². The number of nitrogens with zero attached hydrogens (tertiary/aromatic N) is 1. The number of ether oxygens (including phenoxy) is 2. The van der Waals surface area contributed by atoms with Gasteiger partial charge < -0.3 is 19.8 Å². The molecule has 0 bridgehead atoms. The van der Waals surface area contributed by atoms with Crippen molar-refractivity contribution < 1.29 is 14.3 Å². The van der Waals surface area contributed by atoms with Crippen molar-refractivity contribution in [3.8, 4) is 5.75 Å². The molecule has 0 saturated carbocycles. The van der Waals surface area contributed by atoms with E-state index in [4.69, 9.17) is 9.47 Å². The van der Waals surface area contributed by atoms with Crippen molar-refractivity contribution in [2.24, 2.45) is 0 Å². The summed E-state index contributed by atoms with van der Waals surface area (Å²) in [5, 5.41) is 3.72. The molecule has 0 fully saturated rings. The lowest BCUT2D eigenvalue weighted by molar-refractivity contribution is -0.138. The number of carbonyl (C=O) groups is 1. The molecule has 1 aliphatic rings. The molecule has 1 atom stereocenters. The van der Waals surface area contributed by atoms with E-state index in [1.807, 2.05) is 24.3 Å². The molecule has 1 aliphatic heterocycles. The molecule has 7 nitrogen and oxygen atoms in total. The zero-order chi connectivity index (χ0) is 21.7. The van der Waals surface area contributed by atoms with E-state index in [-0.39, 0.29) is 12.2 Å². The van der Waals surface area contributed by atoms with Crippen LogP contribution in [-0.2, 0) is 9.53 Å². The van der Waals surface area contributed by atoms with Crippen LogP contribution in [0.2, 0.25) is 0 Å². The Labute approximate surface area is 180 Å². The molecule has 2 N–H and O–H groups in total. The van der Waals surface area contributed by atoms with Crippen LogP contribution in [0.25, 0.3) is 0 Å². The first-order valence-corrected chi connectivity index (χ1v) is 11.0. The van der Waals surface area contributed by atoms with Crippen LogP contribution in [0.5, 0.6) is 5.75 Å². The Bertz CT molecular complexity index is 1020. The largest absolute Gasteiger partial charge is 0.497 e. The normalized spacial score (nSPS) is 15.4. The first-order chi connectivity index (χ1) is 14.5. The Kier molecular flexibility index (Phi) is 7.20. The van der Waals surface area contributed by atoms with E-state index in [0.29, 0.717) is 33.6 Å². The van der Waals surface area contributed by atoms with Gasteiger partial charge in [-0.2, -0.15) is 0 Å². The molecule has 0 amide bonds. The van der Waals surface area contributed by atoms with Gasteiger partial charge in [0, 0.05) is 11.4 Å². The number of rotatable bonds is 8. The summed E-state index contributed by atoms with van der Waals surface area (Å²) < 4.78 is 10.7. The second-order valence-electron chi connectivity index (χ2n) is 6.93. The Morgan fingerprint density at radius 2 is 2.10 bits per heavy atom. The van der Waals surface area contributed by atoms with Crippen molar-refractivity contribution in [2.75, 3.05) is 24.8 Å². The molecule has 30 heavy (non-hydrogen) atoms. The Morgan fingerprint density at radius 1 is 1.30 bits per heavy atom. The number of unbranched alkanes of at least 4 members (excludes halogenated alkanes) is 1. The van der Waals surface area contributed by atoms with Crippen LogP contribution in [0.3, 0.4) is 0 Å². The zero-order valence-corrected chi connectivity index (χ0v) is 18.5. The third-order valence-electron chi connectivity index (χ3n) is 4.88. The highest BCUT2D eigenvalue weighted by molar-refractivity contribution is 7.99. The minimum absolute atomic E-state index is 0.245. The summed E-state index contributed by atoms with van der Waals surface area (Å²) in [6.07, 6.45) is 2.11. The van der Waals surface area contributed by atoms with Crippen molar-refractivity contribution >= 4 is 23.5 Å². The Hall–Kier alpha value is -2.74. The molecule has 0 aliphatic carbocycles. The number of benzene rings is 1. The van der Waals surface area contributed by atoms with Crippen molar-refractivity contribution in [1.82, 2.24) is 9.97 Å². The van der Waals surface area contributed by atoms with Crippen LogP contribution in [0.4, 0.5) is 5.82 Å². The van der Waals surface area contributed by atoms with Crippen molar-refractivity contribution in [3.63, 3.8) is 0 Å². The van der Waals surface area contributed by atoms with Crippen LogP contribution in [-0.4, -0.2) is 35.4 Å². The number of nitrogens with one attached hydrogen (secondary N) is 2. The summed E-state index contributed by atoms with van der Waals surface area (Å²) in [6, 6.07) is 7.36. The van der Waals surface area contributed by atoms with Gasteiger partial charge in [0.05, 0.1) is 30.8 Å². The number of aromatic nitrogens is 2. The SMILES string of the molecule is CCCCSc1nc2c(c(=O)[nH]1)[C@H](c1cccc(OC)c1)C(C(=O)OCC)=C(C)N2. The van der Waals surface area contributed by atoms with Gasteiger partial charge in [0.1, 0.15) is 11.6 Å². The van der Waals surface area contributed by atoms with Gasteiger partial charge in [-0.3, -0.25) is 4.79 Å². The topological polar surface area (TPSA) is 93.3 Å². The van der Waals surface area contributed by atoms with Crippen LogP contribution >= 0.6 is 11.8 Å². The average molecular weight is 430 g/mol. The maximum Gasteiger partial charge on any atom is 0.336 e. The minimum Gasteiger partial charge on any atom is -0.497 e. The first kappa shape index (κ1) is 22.0. The van der Waals surface area contributed by atoms with E-state index in [2.05, 4.69) is 22.2 Å². The zero-order valence-electron chi connectivity index (χ0n) is 17.7. The van der Waals surface area contributed by atoms with Crippen LogP contribution < -0.4 is 15.6 Å². The Balaban J connectivity index is 2.15. The summed E-state index contributed by atoms with van der Waals surface area (Å²) in [6.45, 7) is 5.92. The molecular weight excluding hydrogens is 402 g/mol. The monoisotopic (exact) mass is 429 g/mol. The number of hydrogen-bond acceptors (Lipinski definition) is 7. The molecule has 8 heteroatoms. The molecule has 0 radical (unpaired) electrons. The number of carbonyl (C=O) groups excluding carboxylic acids is 1. The van der Waals surface area contributed by atoms with Gasteiger partial charge in [-0.1, -0.05) is 37.2 Å². The Morgan fingerprint density at radius 3 is 2.80 bits per heavy atom. The minimum atomic E-state index is -0.610. The van der Waals surface area contributed by atoms with Gasteiger partial charge in [0.2, 0.25) is 0 Å². The highest BCUT2D eigenvalue weighted by atomic mass is 32.2. The maximum atomic E-state index is 13.1. The quantitative estimate of drug-likeness (QED) is 0.283. The summed E-state index contributed by atoms with van der Waals surface area (Å²) in [4.78, 5) is 33.5. The number of aromatic amines is 1. The summed E-state index contributed by atoms with van der Waals surface area (Å²) in [5.41, 5.74) is 1.91. The second-order valence-corrected chi connectivity index (χ2v) is 8.01. The number of fused-ring (bicyclic) bond motifs is 1. The fourth-order valence-electron chi connectivity index (χ4n) is 3.45. The molecule has 2 aromatic rings. The molecule has 1 aromatic heterocycles. The highest BCUT2D eigenvalue weighted by Crippen LogP contribution is 2.40. The van der Waals surface area contributed by atoms with E-state index in [1.54, 1.807) is 21.0 Å². The first-order valence-electron chi connectivity index (χ1n) is 10.1. The third-order valence-corrected chi connectivity index (χ3v) is 5.84. The molecule has 2 heterocycles. The van der Waals surface area contributed by atoms with Gasteiger partial charge in [-0.25, -0.2) is 9.78 Å². The molecule has 1 aromatic carbocycles. The van der Waals surface area contributed by atoms with Crippen LogP contribution in [0.15, 0.2) is 45.5 Å². The van der Waals surface area contributed by atoms with Crippen molar-refractivity contribution in [2.45, 2.75) is 44.7 Å². The summed E-state index contributed by atoms with van der Waals surface area (Å²) in [7, 11) is 1.58. The lowest BCUT2D eigenvalue weighted by Crippen LogP contribution is -2.31. The average Bonchev–Trinajstić information content (AvgIpc) is 2.73. The number of esters is 1. The molecule has 160 valence electrons. The van der Waals surface area contributed by atoms with Crippen molar-refractivity contribution in [1.29, 1.82) is 0 Å². The second kappa shape index (κ2) is 9.84. The van der Waals surface area contributed by atoms with Crippen LogP contribution in [0.1, 0.15) is 50.7 Å². The third kappa shape index (κ3) is 4.53. The summed E-state index contributed by atoms with van der Waals surface area (Å²) >= 11 is 1.52. The standard InChI is InChI=1S/C22H27N3O4S/c1-5-7-11-30-22-24-19-18(20(26)25-22)17(14-9-8-10-15(12-14)28-4)16(13(3)23-19)21(27)29-6-2/h8-10,12,17H,5-7,11H2,1-4H3,(H2,23,24,25,26)/t17-/m1/s1. The van der Waals surface area contributed by atoms with Crippen LogP contribution in [0, 0.1) is 0 Å². The predicted octanol–water partition coefficient (Wildman–Crippen LogP) is 4.07. The number of thioether (sulfide) groups is 1. The fraction of sp³-hybridized carbons (Fsp3) is 0.409. The van der Waals surface area contributed by atoms with Gasteiger partial charge in [-0.05, 0) is 38.0 Å². The molecule has 3 rings (SSSR count). The number of methoxy groups -OCH3 is 1. The number of anilines is 1. The van der Waals surface area contributed by atoms with E-state index in [1.165, 1.54) is 11.8 Å². The maximum absolute atomic E-state index is 13.1. The predicted molar refractivity (Wildman–Crippen MR) is 118 cm³/mol. The van der Waals surface area contributed by atoms with Gasteiger partial charge in [0.15, 0.2) is 5.16 Å². The smallest absolute Gasteiger partial charge is 0.336 e. The summed E-state index contributed by atoms with van der Waals surface area (Å²) in [5.74, 6) is 0.921. The number of H-pyrrole nitrogens is 1. The molecule has 0 unspecified atom stereocenters. The van der Waals surface area contributed by atoms with E-state index < -0.39 is 11.9 Å². The lowest BCUT2D eigenvalue weighted by Gasteiger charge is -2.29. The lowest BCUT2D eigenvalue weighted by atomic mass is 9.82. The van der Waals surface area contributed by atoms with Gasteiger partial charge in [0.25, 0.3) is 5.56 Å². The molecule has 0 spiro atoms. The van der Waals surface area contributed by atoms with E-state index in [9.17, 15) is 9.59 Å². The van der Waals surface area contributed by atoms with E-state index in [0.717, 1.165) is 24.2 Å². The number of hydrogen-bond donors (Lipinski definition) is 2. The van der Waals surface area contributed by atoms with Gasteiger partial charge >= 0.3 is 5.97 Å². The fourth-order valence-corrected chi connectivity index (χ4v) is 4.39. The molecule has 0 saturated heterocycles.